The van der Waals surface area contributed by atoms with Crippen molar-refractivity contribution in [1.82, 2.24) is 9.55 Å². The van der Waals surface area contributed by atoms with Crippen molar-refractivity contribution in [3.63, 3.8) is 0 Å². The normalized spacial score (nSPS) is 11.0. The number of ketones is 1. The van der Waals surface area contributed by atoms with Gasteiger partial charge < -0.3 is 14.9 Å². The minimum Gasteiger partial charge on any atom is -0.504 e. The zero-order valence-electron chi connectivity index (χ0n) is 15.0. The molecule has 3 rings (SSSR count). The molecular formula is C20H15FN2O6. The van der Waals surface area contributed by atoms with E-state index in [-0.39, 0.29) is 17.2 Å². The van der Waals surface area contributed by atoms with Crippen LogP contribution >= 0.6 is 0 Å². The molecular weight excluding hydrogens is 383 g/mol. The van der Waals surface area contributed by atoms with E-state index in [9.17, 15) is 29.0 Å². The number of rotatable bonds is 5. The first-order valence-electron chi connectivity index (χ1n) is 8.25. The lowest BCUT2D eigenvalue weighted by molar-refractivity contribution is 0.104. The van der Waals surface area contributed by atoms with E-state index in [1.54, 1.807) is 6.07 Å². The van der Waals surface area contributed by atoms with Crippen LogP contribution in [0.2, 0.25) is 0 Å². The van der Waals surface area contributed by atoms with E-state index in [4.69, 9.17) is 4.74 Å². The quantitative estimate of drug-likeness (QED) is 0.446. The number of aromatic nitrogens is 2. The Balaban J connectivity index is 2.02. The van der Waals surface area contributed by atoms with Gasteiger partial charge in [-0.2, -0.15) is 0 Å². The van der Waals surface area contributed by atoms with Gasteiger partial charge in [0, 0.05) is 0 Å². The van der Waals surface area contributed by atoms with E-state index >= 15 is 0 Å². The fourth-order valence-corrected chi connectivity index (χ4v) is 2.64. The van der Waals surface area contributed by atoms with Crippen molar-refractivity contribution in [2.45, 2.75) is 0 Å². The van der Waals surface area contributed by atoms with Crippen molar-refractivity contribution in [1.29, 1.82) is 0 Å². The SMILES string of the molecule is COc1ccc(/C=C/C(=O)c2c(O)n(-c3ccc(F)cc3)c(=O)[nH]c2=O)cc1O. The summed E-state index contributed by atoms with van der Waals surface area (Å²) in [5.74, 6) is -2.22. The second kappa shape index (κ2) is 7.85. The molecule has 2 aromatic carbocycles. The molecule has 0 radical (unpaired) electrons. The fraction of sp³-hybridized carbons (Fsp3) is 0.0500. The molecule has 0 atom stereocenters. The lowest BCUT2D eigenvalue weighted by atomic mass is 10.1. The topological polar surface area (TPSA) is 122 Å². The summed E-state index contributed by atoms with van der Waals surface area (Å²) in [5, 5.41) is 20.2. The molecule has 148 valence electrons. The highest BCUT2D eigenvalue weighted by atomic mass is 19.1. The van der Waals surface area contributed by atoms with Gasteiger partial charge in [-0.25, -0.2) is 13.8 Å². The Morgan fingerprint density at radius 1 is 1.14 bits per heavy atom. The van der Waals surface area contributed by atoms with Gasteiger partial charge >= 0.3 is 5.69 Å². The number of methoxy groups -OCH3 is 1. The van der Waals surface area contributed by atoms with Crippen LogP contribution in [0.5, 0.6) is 17.4 Å². The van der Waals surface area contributed by atoms with Gasteiger partial charge in [0.05, 0.1) is 12.8 Å². The number of ether oxygens (including phenoxy) is 1. The van der Waals surface area contributed by atoms with E-state index in [0.717, 1.165) is 18.2 Å². The van der Waals surface area contributed by atoms with Crippen LogP contribution < -0.4 is 16.0 Å². The minimum atomic E-state index is -1.07. The van der Waals surface area contributed by atoms with E-state index in [1.807, 2.05) is 4.98 Å². The number of halogens is 1. The third-order valence-corrected chi connectivity index (χ3v) is 4.05. The highest BCUT2D eigenvalue weighted by Crippen LogP contribution is 2.27. The van der Waals surface area contributed by atoms with Crippen molar-refractivity contribution < 1.29 is 24.1 Å². The molecule has 0 spiro atoms. The molecule has 29 heavy (non-hydrogen) atoms. The fourth-order valence-electron chi connectivity index (χ4n) is 2.64. The monoisotopic (exact) mass is 398 g/mol. The van der Waals surface area contributed by atoms with Crippen LogP contribution in [0.1, 0.15) is 15.9 Å². The molecule has 3 N–H and O–H groups in total. The summed E-state index contributed by atoms with van der Waals surface area (Å²) in [6, 6.07) is 8.92. The van der Waals surface area contributed by atoms with E-state index in [0.29, 0.717) is 10.1 Å². The Bertz CT molecular complexity index is 1230. The first-order chi connectivity index (χ1) is 13.8. The molecule has 0 saturated heterocycles. The molecule has 0 saturated carbocycles. The predicted octanol–water partition coefficient (Wildman–Crippen LogP) is 1.98. The summed E-state index contributed by atoms with van der Waals surface area (Å²) < 4.78 is 18.7. The molecule has 0 amide bonds. The van der Waals surface area contributed by atoms with Crippen LogP contribution in [0.3, 0.4) is 0 Å². The predicted molar refractivity (Wildman–Crippen MR) is 102 cm³/mol. The molecule has 0 bridgehead atoms. The van der Waals surface area contributed by atoms with Crippen LogP contribution in [0.4, 0.5) is 4.39 Å². The number of nitrogens with one attached hydrogen (secondary N) is 1. The molecule has 0 aliphatic carbocycles. The number of hydrogen-bond donors (Lipinski definition) is 3. The number of H-pyrrole nitrogens is 1. The lowest BCUT2D eigenvalue weighted by Gasteiger charge is -2.10. The summed E-state index contributed by atoms with van der Waals surface area (Å²) in [4.78, 5) is 38.6. The molecule has 1 heterocycles. The second-order valence-electron chi connectivity index (χ2n) is 5.90. The number of aromatic hydroxyl groups is 2. The Labute approximate surface area is 162 Å². The smallest absolute Gasteiger partial charge is 0.335 e. The summed E-state index contributed by atoms with van der Waals surface area (Å²) in [6.45, 7) is 0. The van der Waals surface area contributed by atoms with Gasteiger partial charge in [-0.15, -0.1) is 0 Å². The first-order valence-corrected chi connectivity index (χ1v) is 8.25. The largest absolute Gasteiger partial charge is 0.504 e. The Kier molecular flexibility index (Phi) is 5.31. The average Bonchev–Trinajstić information content (AvgIpc) is 2.67. The van der Waals surface area contributed by atoms with Crippen LogP contribution in [0, 0.1) is 5.82 Å². The lowest BCUT2D eigenvalue weighted by Crippen LogP contribution is -2.32. The molecule has 3 aromatic rings. The van der Waals surface area contributed by atoms with Crippen molar-refractivity contribution in [2.75, 3.05) is 7.11 Å². The van der Waals surface area contributed by atoms with Crippen LogP contribution in [-0.2, 0) is 0 Å². The van der Waals surface area contributed by atoms with Crippen molar-refractivity contribution in [3.8, 4) is 23.1 Å². The Morgan fingerprint density at radius 2 is 1.83 bits per heavy atom. The van der Waals surface area contributed by atoms with Gasteiger partial charge in [-0.05, 0) is 48.0 Å². The standard InChI is InChI=1S/C20H15FN2O6/c1-29-16-9-3-11(10-15(16)25)2-8-14(24)17-18(26)22-20(28)23(19(17)27)13-6-4-12(21)5-7-13/h2-10,25,27H,1H3,(H,22,26,28)/b8-2+. The van der Waals surface area contributed by atoms with E-state index < -0.39 is 34.3 Å². The van der Waals surface area contributed by atoms with Crippen LogP contribution in [-0.4, -0.2) is 32.7 Å². The van der Waals surface area contributed by atoms with E-state index in [2.05, 4.69) is 0 Å². The van der Waals surface area contributed by atoms with Crippen LogP contribution in [0.15, 0.2) is 58.1 Å². The van der Waals surface area contributed by atoms with E-state index in [1.165, 1.54) is 37.5 Å². The van der Waals surface area contributed by atoms with Crippen molar-refractivity contribution in [3.05, 3.63) is 86.3 Å². The number of nitrogens with zero attached hydrogens (tertiary/aromatic N) is 1. The maximum absolute atomic E-state index is 13.1. The molecule has 0 aliphatic heterocycles. The summed E-state index contributed by atoms with van der Waals surface area (Å²) in [5.41, 5.74) is -2.23. The van der Waals surface area contributed by atoms with Gasteiger partial charge in [0.2, 0.25) is 5.88 Å². The highest BCUT2D eigenvalue weighted by molar-refractivity contribution is 6.08. The maximum Gasteiger partial charge on any atom is 0.335 e. The number of allylic oxidation sites excluding steroid dienone is 1. The number of aromatic amines is 1. The number of phenols is 1. The molecule has 0 unspecified atom stereocenters. The molecule has 0 fully saturated rings. The summed E-state index contributed by atoms with van der Waals surface area (Å²) in [6.07, 6.45) is 2.32. The van der Waals surface area contributed by atoms with Crippen molar-refractivity contribution >= 4 is 11.9 Å². The Morgan fingerprint density at radius 3 is 2.45 bits per heavy atom. The minimum absolute atomic E-state index is 0.0586. The van der Waals surface area contributed by atoms with Gasteiger partial charge in [0.25, 0.3) is 5.56 Å². The first kappa shape index (κ1) is 19.6. The van der Waals surface area contributed by atoms with Crippen LogP contribution in [0.25, 0.3) is 11.8 Å². The third kappa shape index (κ3) is 3.93. The molecule has 9 heteroatoms. The number of carbonyl (C=O) groups excluding carboxylic acids is 1. The van der Waals surface area contributed by atoms with Gasteiger partial charge in [0.15, 0.2) is 17.3 Å². The zero-order chi connectivity index (χ0) is 21.1. The molecule has 0 aliphatic rings. The average molecular weight is 398 g/mol. The molecule has 8 nitrogen and oxygen atoms in total. The third-order valence-electron chi connectivity index (χ3n) is 4.05. The van der Waals surface area contributed by atoms with Gasteiger partial charge in [-0.1, -0.05) is 12.1 Å². The number of hydrogen-bond acceptors (Lipinski definition) is 6. The second-order valence-corrected chi connectivity index (χ2v) is 5.90. The number of carbonyl (C=O) groups is 1. The zero-order valence-corrected chi connectivity index (χ0v) is 15.0. The Hall–Kier alpha value is -4.14. The highest BCUT2D eigenvalue weighted by Gasteiger charge is 2.20. The maximum atomic E-state index is 13.1. The van der Waals surface area contributed by atoms with Crippen molar-refractivity contribution in [2.24, 2.45) is 0 Å². The molecule has 1 aromatic heterocycles. The van der Waals surface area contributed by atoms with Gasteiger partial charge in [-0.3, -0.25) is 14.6 Å². The number of benzene rings is 2. The summed E-state index contributed by atoms with van der Waals surface area (Å²) >= 11 is 0. The van der Waals surface area contributed by atoms with Gasteiger partial charge in [0.1, 0.15) is 11.4 Å². The number of phenolic OH excluding ortho intramolecular Hbond substituents is 1. The summed E-state index contributed by atoms with van der Waals surface area (Å²) in [7, 11) is 1.39.